The molecule has 0 radical (unpaired) electrons. The molecule has 2 aliphatic heterocycles. The third-order valence-corrected chi connectivity index (χ3v) is 11.4. The summed E-state index contributed by atoms with van der Waals surface area (Å²) in [5.74, 6) is -1.93. The molecule has 22 nitrogen and oxygen atoms in total. The standard InChI is InChI=1S/C31H53N3O19P2/c1-3-4-5-6-7-8-9-10-11-12-19(37)15-23(39)51-28-24(32-18(2)36)30(50-20(16-35)26(28)41)52-55(46,47)53-54(44,45)48-17-21-25(40)27(42)29(49-21)34-14-13-22(38)33-31(34)43/h13-14,19-21,24-30,35,37,40-42H,3-12,15-17H2,1-2H3,(H,32,36)(H,44,45)(H,46,47)(H,33,38,43)/p-2/t19?,20-,21-,24-,25-,26-,27-,28-,29-,30+/m1/s1. The Hall–Kier alpha value is -2.40. The number of unbranched alkanes of at least 4 members (excludes halogenated alkanes) is 8. The van der Waals surface area contributed by atoms with E-state index in [1.165, 1.54) is 19.3 Å². The molecule has 7 N–H and O–H groups in total. The molecule has 0 aliphatic carbocycles. The minimum absolute atomic E-state index is 0.261. The molecule has 12 atom stereocenters. The summed E-state index contributed by atoms with van der Waals surface area (Å²) in [6.45, 7) is 0.948. The molecule has 316 valence electrons. The lowest BCUT2D eigenvalue weighted by molar-refractivity contribution is -0.286. The molecule has 2 fully saturated rings. The summed E-state index contributed by atoms with van der Waals surface area (Å²) in [7, 11) is -12.0. The van der Waals surface area contributed by atoms with Gasteiger partial charge in [-0.05, 0) is 6.42 Å². The fourth-order valence-electron chi connectivity index (χ4n) is 6.05. The molecule has 3 rings (SSSR count). The Bertz CT molecular complexity index is 1590. The number of rotatable bonds is 23. The minimum atomic E-state index is -6.09. The number of ether oxygens (including phenoxy) is 3. The highest BCUT2D eigenvalue weighted by atomic mass is 31.3. The number of amides is 1. The summed E-state index contributed by atoms with van der Waals surface area (Å²) >= 11 is 0. The van der Waals surface area contributed by atoms with Gasteiger partial charge < -0.3 is 59.4 Å². The van der Waals surface area contributed by atoms with Gasteiger partial charge in [0.15, 0.2) is 18.6 Å². The van der Waals surface area contributed by atoms with Crippen LogP contribution in [-0.2, 0) is 46.3 Å². The Labute approximate surface area is 315 Å². The average Bonchev–Trinajstić information content (AvgIpc) is 3.37. The monoisotopic (exact) mass is 831 g/mol. The number of carbonyl (C=O) groups is 2. The van der Waals surface area contributed by atoms with E-state index in [0.29, 0.717) is 11.0 Å². The number of esters is 1. The van der Waals surface area contributed by atoms with Crippen molar-refractivity contribution < 1.29 is 81.6 Å². The van der Waals surface area contributed by atoms with Gasteiger partial charge in [0.05, 0.1) is 25.7 Å². The molecule has 0 aromatic carbocycles. The highest BCUT2D eigenvalue weighted by Crippen LogP contribution is 2.57. The summed E-state index contributed by atoms with van der Waals surface area (Å²) in [6.07, 6.45) is -5.89. The van der Waals surface area contributed by atoms with Crippen LogP contribution in [0.3, 0.4) is 0 Å². The number of phosphoric acid groups is 2. The molecule has 0 bridgehead atoms. The fraction of sp³-hybridized carbons (Fsp3) is 0.806. The number of aromatic nitrogens is 2. The van der Waals surface area contributed by atoms with Crippen LogP contribution in [0.15, 0.2) is 21.9 Å². The Kier molecular flexibility index (Phi) is 18.7. The van der Waals surface area contributed by atoms with Crippen molar-refractivity contribution in [3.05, 3.63) is 33.1 Å². The third-order valence-electron chi connectivity index (χ3n) is 8.83. The van der Waals surface area contributed by atoms with Gasteiger partial charge in [-0.1, -0.05) is 64.7 Å². The van der Waals surface area contributed by atoms with Crippen molar-refractivity contribution in [1.29, 1.82) is 0 Å². The number of aliphatic hydroxyl groups excluding tert-OH is 5. The highest BCUT2D eigenvalue weighted by molar-refractivity contribution is 7.59. The zero-order chi connectivity index (χ0) is 40.9. The van der Waals surface area contributed by atoms with E-state index in [9.17, 15) is 63.6 Å². The van der Waals surface area contributed by atoms with Crippen LogP contribution in [0, 0.1) is 0 Å². The molecule has 1 aromatic heterocycles. The molecule has 55 heavy (non-hydrogen) atoms. The summed E-state index contributed by atoms with van der Waals surface area (Å²) in [5, 5.41) is 53.9. The molecule has 1 aromatic rings. The number of aliphatic hydroxyl groups is 5. The lowest BCUT2D eigenvalue weighted by atomic mass is 9.96. The van der Waals surface area contributed by atoms with Crippen molar-refractivity contribution in [2.75, 3.05) is 13.2 Å². The van der Waals surface area contributed by atoms with Gasteiger partial charge in [-0.2, -0.15) is 0 Å². The molecule has 24 heteroatoms. The van der Waals surface area contributed by atoms with Gasteiger partial charge in [-0.3, -0.25) is 37.6 Å². The molecule has 1 amide bonds. The summed E-state index contributed by atoms with van der Waals surface area (Å²) in [4.78, 5) is 75.6. The molecule has 2 aliphatic rings. The van der Waals surface area contributed by atoms with Gasteiger partial charge in [-0.15, -0.1) is 0 Å². The van der Waals surface area contributed by atoms with Gasteiger partial charge in [0.1, 0.15) is 36.6 Å². The summed E-state index contributed by atoms with van der Waals surface area (Å²) in [6, 6.07) is -0.936. The van der Waals surface area contributed by atoms with Gasteiger partial charge >= 0.3 is 11.7 Å². The first-order chi connectivity index (χ1) is 25.9. The largest absolute Gasteiger partial charge is 0.756 e. The van der Waals surface area contributed by atoms with E-state index in [1.807, 2.05) is 4.98 Å². The second-order valence-corrected chi connectivity index (χ2v) is 16.2. The number of hydrogen-bond donors (Lipinski definition) is 7. The molecule has 2 saturated heterocycles. The smallest absolute Gasteiger partial charge is 0.330 e. The van der Waals surface area contributed by atoms with E-state index in [-0.39, 0.29) is 6.42 Å². The SMILES string of the molecule is CCCCCCCCCCCC(O)CC(=O)O[C@H]1[C@H](O)[C@@H](CO)O[C@@H](OP(=O)([O-])OP(=O)([O-])OC[C@H]2O[C@@H](n3ccc(=O)[nH]c3=O)[C@H](O)[C@@H]2O)[C@@H]1NC(C)=O. The van der Waals surface area contributed by atoms with E-state index in [4.69, 9.17) is 18.7 Å². The predicted octanol–water partition coefficient (Wildman–Crippen LogP) is -1.69. The van der Waals surface area contributed by atoms with Crippen LogP contribution >= 0.6 is 15.6 Å². The maximum absolute atomic E-state index is 12.8. The number of H-pyrrole nitrogens is 1. The Balaban J connectivity index is 1.60. The van der Waals surface area contributed by atoms with E-state index in [1.54, 1.807) is 0 Å². The molecule has 0 spiro atoms. The van der Waals surface area contributed by atoms with E-state index < -0.39 is 120 Å². The van der Waals surface area contributed by atoms with Crippen LogP contribution in [0.25, 0.3) is 0 Å². The summed E-state index contributed by atoms with van der Waals surface area (Å²) < 4.78 is 55.3. The topological polar surface area (TPSA) is 338 Å². The maximum Gasteiger partial charge on any atom is 0.330 e. The van der Waals surface area contributed by atoms with Crippen LogP contribution in [-0.4, -0.2) is 115 Å². The first kappa shape index (κ1) is 47.0. The molecule has 3 heterocycles. The van der Waals surface area contributed by atoms with Crippen LogP contribution in [0.4, 0.5) is 0 Å². The number of nitrogens with one attached hydrogen (secondary N) is 2. The minimum Gasteiger partial charge on any atom is -0.756 e. The number of hydrogen-bond acceptors (Lipinski definition) is 19. The lowest BCUT2D eigenvalue weighted by Crippen LogP contribution is -2.65. The Morgan fingerprint density at radius 2 is 1.60 bits per heavy atom. The van der Waals surface area contributed by atoms with Crippen molar-refractivity contribution in [3.8, 4) is 0 Å². The fourth-order valence-corrected chi connectivity index (χ4v) is 8.14. The Morgan fingerprint density at radius 1 is 0.964 bits per heavy atom. The van der Waals surface area contributed by atoms with Crippen LogP contribution in [0.1, 0.15) is 90.7 Å². The lowest BCUT2D eigenvalue weighted by Gasteiger charge is -2.45. The van der Waals surface area contributed by atoms with E-state index in [0.717, 1.165) is 51.3 Å². The second kappa shape index (κ2) is 21.9. The van der Waals surface area contributed by atoms with Gasteiger partial charge in [0.2, 0.25) is 5.91 Å². The number of aromatic amines is 1. The summed E-state index contributed by atoms with van der Waals surface area (Å²) in [5.41, 5.74) is -1.82. The molecular weight excluding hydrogens is 780 g/mol. The highest BCUT2D eigenvalue weighted by Gasteiger charge is 2.50. The first-order valence-electron chi connectivity index (χ1n) is 18.0. The molecular formula is C31H51N3O19P2-2. The quantitative estimate of drug-likeness (QED) is 0.0367. The Morgan fingerprint density at radius 3 is 2.20 bits per heavy atom. The van der Waals surface area contributed by atoms with Crippen molar-refractivity contribution in [2.45, 2.75) is 146 Å². The van der Waals surface area contributed by atoms with Crippen molar-refractivity contribution >= 4 is 27.5 Å². The maximum atomic E-state index is 12.8. The van der Waals surface area contributed by atoms with E-state index >= 15 is 0 Å². The van der Waals surface area contributed by atoms with Crippen LogP contribution in [0.5, 0.6) is 0 Å². The normalized spacial score (nSPS) is 29.6. The number of phosphoric ester groups is 2. The second-order valence-electron chi connectivity index (χ2n) is 13.3. The van der Waals surface area contributed by atoms with Gasteiger partial charge in [0.25, 0.3) is 21.2 Å². The zero-order valence-electron chi connectivity index (χ0n) is 30.4. The van der Waals surface area contributed by atoms with Crippen molar-refractivity contribution in [1.82, 2.24) is 14.9 Å². The number of carbonyl (C=O) groups excluding carboxylic acids is 2. The van der Waals surface area contributed by atoms with Crippen LogP contribution in [0.2, 0.25) is 0 Å². The molecule has 0 saturated carbocycles. The van der Waals surface area contributed by atoms with Crippen molar-refractivity contribution in [3.63, 3.8) is 0 Å². The number of nitrogens with zero attached hydrogens (tertiary/aromatic N) is 1. The van der Waals surface area contributed by atoms with Gasteiger partial charge in [0, 0.05) is 19.2 Å². The third kappa shape index (κ3) is 14.8. The van der Waals surface area contributed by atoms with Crippen molar-refractivity contribution in [2.24, 2.45) is 0 Å². The zero-order valence-corrected chi connectivity index (χ0v) is 32.2. The predicted molar refractivity (Wildman–Crippen MR) is 182 cm³/mol. The average molecular weight is 832 g/mol. The molecule has 3 unspecified atom stereocenters. The van der Waals surface area contributed by atoms with E-state index in [2.05, 4.69) is 21.1 Å². The van der Waals surface area contributed by atoms with Gasteiger partial charge in [-0.25, -0.2) is 9.11 Å². The van der Waals surface area contributed by atoms with Crippen LogP contribution < -0.4 is 26.4 Å². The first-order valence-corrected chi connectivity index (χ1v) is 20.9.